The lowest BCUT2D eigenvalue weighted by atomic mass is 10.2. The number of fused-ring (bicyclic) bond motifs is 1. The third kappa shape index (κ3) is 2.36. The van der Waals surface area contributed by atoms with Gasteiger partial charge in [-0.3, -0.25) is 4.98 Å². The molecule has 3 rings (SSSR count). The Kier molecular flexibility index (Phi) is 3.13. The van der Waals surface area contributed by atoms with Gasteiger partial charge in [-0.25, -0.2) is 0 Å². The second kappa shape index (κ2) is 4.85. The summed E-state index contributed by atoms with van der Waals surface area (Å²) in [5.74, 6) is 0.369. The number of aryl methyl sites for hydroxylation is 2. The standard InChI is InChI=1S/C14H12N2O4S/c1-9-14(10(2)19-16-9)21(17,18)20-12-7-3-5-11-6-4-8-15-13(11)12/h3-8H,1-2H3. The van der Waals surface area contributed by atoms with Crippen molar-refractivity contribution in [2.75, 3.05) is 0 Å². The number of para-hydroxylation sites is 1. The Bertz CT molecular complexity index is 891. The first-order chi connectivity index (χ1) is 9.99. The average molecular weight is 304 g/mol. The maximum absolute atomic E-state index is 12.4. The molecule has 0 radical (unpaired) electrons. The van der Waals surface area contributed by atoms with Crippen LogP contribution in [-0.2, 0) is 10.1 Å². The molecular weight excluding hydrogens is 292 g/mol. The highest BCUT2D eigenvalue weighted by Crippen LogP contribution is 2.28. The quantitative estimate of drug-likeness (QED) is 0.692. The minimum absolute atomic E-state index is 0.0459. The van der Waals surface area contributed by atoms with Gasteiger partial charge in [0.1, 0.15) is 11.2 Å². The number of benzene rings is 1. The maximum atomic E-state index is 12.4. The zero-order valence-electron chi connectivity index (χ0n) is 11.4. The zero-order chi connectivity index (χ0) is 15.0. The normalized spacial score (nSPS) is 11.7. The van der Waals surface area contributed by atoms with Crippen LogP contribution in [0, 0.1) is 13.8 Å². The molecule has 0 fully saturated rings. The minimum Gasteiger partial charge on any atom is -0.376 e. The average Bonchev–Trinajstić information content (AvgIpc) is 2.79. The number of pyridine rings is 1. The molecule has 0 aliphatic carbocycles. The third-order valence-corrected chi connectivity index (χ3v) is 4.49. The van der Waals surface area contributed by atoms with Crippen LogP contribution in [0.3, 0.4) is 0 Å². The van der Waals surface area contributed by atoms with Crippen LogP contribution < -0.4 is 4.18 Å². The van der Waals surface area contributed by atoms with Crippen molar-refractivity contribution >= 4 is 21.0 Å². The molecule has 0 spiro atoms. The number of hydrogen-bond acceptors (Lipinski definition) is 6. The molecule has 6 nitrogen and oxygen atoms in total. The Morgan fingerprint density at radius 3 is 2.62 bits per heavy atom. The third-order valence-electron chi connectivity index (χ3n) is 3.01. The van der Waals surface area contributed by atoms with Crippen LogP contribution in [0.4, 0.5) is 0 Å². The van der Waals surface area contributed by atoms with Crippen molar-refractivity contribution in [2.24, 2.45) is 0 Å². The second-order valence-corrected chi connectivity index (χ2v) is 6.01. The lowest BCUT2D eigenvalue weighted by molar-refractivity contribution is 0.390. The smallest absolute Gasteiger partial charge is 0.344 e. The van der Waals surface area contributed by atoms with Gasteiger partial charge < -0.3 is 8.71 Å². The Morgan fingerprint density at radius 1 is 1.14 bits per heavy atom. The summed E-state index contributed by atoms with van der Waals surface area (Å²) >= 11 is 0. The highest BCUT2D eigenvalue weighted by Gasteiger charge is 2.27. The monoisotopic (exact) mass is 304 g/mol. The summed E-state index contributed by atoms with van der Waals surface area (Å²) in [5, 5.41) is 4.43. The molecule has 1 aromatic carbocycles. The molecule has 0 atom stereocenters. The van der Waals surface area contributed by atoms with E-state index in [1.54, 1.807) is 31.3 Å². The van der Waals surface area contributed by atoms with Crippen LogP contribution in [-0.4, -0.2) is 18.6 Å². The molecule has 0 aliphatic heterocycles. The Labute approximate surface area is 121 Å². The van der Waals surface area contributed by atoms with Crippen molar-refractivity contribution in [1.29, 1.82) is 0 Å². The van der Waals surface area contributed by atoms with Crippen LogP contribution in [0.1, 0.15) is 11.5 Å². The summed E-state index contributed by atoms with van der Waals surface area (Å²) in [6.45, 7) is 3.08. The fourth-order valence-electron chi connectivity index (χ4n) is 2.13. The van der Waals surface area contributed by atoms with Gasteiger partial charge >= 0.3 is 10.1 Å². The largest absolute Gasteiger partial charge is 0.376 e. The summed E-state index contributed by atoms with van der Waals surface area (Å²) in [6.07, 6.45) is 1.58. The molecule has 21 heavy (non-hydrogen) atoms. The lowest BCUT2D eigenvalue weighted by Crippen LogP contribution is -2.11. The van der Waals surface area contributed by atoms with Gasteiger partial charge in [-0.05, 0) is 26.0 Å². The van der Waals surface area contributed by atoms with Crippen LogP contribution >= 0.6 is 0 Å². The topological polar surface area (TPSA) is 82.3 Å². The van der Waals surface area contributed by atoms with E-state index in [2.05, 4.69) is 10.1 Å². The molecule has 0 unspecified atom stereocenters. The maximum Gasteiger partial charge on any atom is 0.344 e. The number of aromatic nitrogens is 2. The second-order valence-electron chi connectivity index (χ2n) is 4.52. The van der Waals surface area contributed by atoms with Crippen LogP contribution in [0.25, 0.3) is 10.9 Å². The highest BCUT2D eigenvalue weighted by molar-refractivity contribution is 7.87. The first-order valence-corrected chi connectivity index (χ1v) is 7.61. The van der Waals surface area contributed by atoms with Gasteiger partial charge in [-0.1, -0.05) is 23.4 Å². The molecule has 0 aliphatic rings. The Morgan fingerprint density at radius 2 is 1.90 bits per heavy atom. The van der Waals surface area contributed by atoms with E-state index >= 15 is 0 Å². The van der Waals surface area contributed by atoms with E-state index in [9.17, 15) is 8.42 Å². The van der Waals surface area contributed by atoms with Crippen molar-refractivity contribution in [3.05, 3.63) is 48.0 Å². The van der Waals surface area contributed by atoms with E-state index < -0.39 is 10.1 Å². The lowest BCUT2D eigenvalue weighted by Gasteiger charge is -2.08. The highest BCUT2D eigenvalue weighted by atomic mass is 32.2. The van der Waals surface area contributed by atoms with Crippen molar-refractivity contribution in [2.45, 2.75) is 18.7 Å². The molecule has 0 bridgehead atoms. The van der Waals surface area contributed by atoms with E-state index in [4.69, 9.17) is 8.71 Å². The van der Waals surface area contributed by atoms with Gasteiger partial charge in [-0.2, -0.15) is 8.42 Å². The van der Waals surface area contributed by atoms with Crippen molar-refractivity contribution < 1.29 is 17.1 Å². The predicted octanol–water partition coefficient (Wildman–Crippen LogP) is 2.61. The van der Waals surface area contributed by atoms with Crippen LogP contribution in [0.5, 0.6) is 5.75 Å². The molecule has 0 saturated carbocycles. The summed E-state index contributed by atoms with van der Waals surface area (Å²) in [4.78, 5) is 4.12. The SMILES string of the molecule is Cc1noc(C)c1S(=O)(=O)Oc1cccc2cccnc12. The fourth-order valence-corrected chi connectivity index (χ4v) is 3.38. The van der Waals surface area contributed by atoms with E-state index in [-0.39, 0.29) is 22.1 Å². The predicted molar refractivity (Wildman–Crippen MR) is 75.5 cm³/mol. The molecule has 2 heterocycles. The van der Waals surface area contributed by atoms with Gasteiger partial charge in [-0.15, -0.1) is 0 Å². The summed E-state index contributed by atoms with van der Waals surface area (Å²) in [5.41, 5.74) is 0.746. The fraction of sp³-hybridized carbons (Fsp3) is 0.143. The van der Waals surface area contributed by atoms with Gasteiger partial charge in [0.25, 0.3) is 0 Å². The zero-order valence-corrected chi connectivity index (χ0v) is 12.2. The minimum atomic E-state index is -4.02. The van der Waals surface area contributed by atoms with Gasteiger partial charge in [0.05, 0.1) is 0 Å². The molecule has 0 N–H and O–H groups in total. The van der Waals surface area contributed by atoms with E-state index in [0.717, 1.165) is 5.39 Å². The summed E-state index contributed by atoms with van der Waals surface area (Å²) < 4.78 is 34.9. The Hall–Kier alpha value is -2.41. The molecule has 2 aromatic heterocycles. The molecule has 7 heteroatoms. The van der Waals surface area contributed by atoms with Gasteiger partial charge in [0, 0.05) is 11.6 Å². The van der Waals surface area contributed by atoms with E-state index in [0.29, 0.717) is 5.52 Å². The first-order valence-electron chi connectivity index (χ1n) is 6.20. The summed E-state index contributed by atoms with van der Waals surface area (Å²) in [7, 11) is -4.02. The molecule has 3 aromatic rings. The van der Waals surface area contributed by atoms with Crippen LogP contribution in [0.2, 0.25) is 0 Å². The van der Waals surface area contributed by atoms with Crippen LogP contribution in [0.15, 0.2) is 45.9 Å². The van der Waals surface area contributed by atoms with Crippen molar-refractivity contribution in [3.8, 4) is 5.75 Å². The molecule has 0 saturated heterocycles. The summed E-state index contributed by atoms with van der Waals surface area (Å²) in [6, 6.07) is 8.71. The van der Waals surface area contributed by atoms with E-state index in [1.165, 1.54) is 6.92 Å². The molecular formula is C14H12N2O4S. The molecule has 0 amide bonds. The van der Waals surface area contributed by atoms with Crippen molar-refractivity contribution in [1.82, 2.24) is 10.1 Å². The van der Waals surface area contributed by atoms with Gasteiger partial charge in [0.2, 0.25) is 0 Å². The number of hydrogen-bond donors (Lipinski definition) is 0. The number of nitrogens with zero attached hydrogens (tertiary/aromatic N) is 2. The van der Waals surface area contributed by atoms with Crippen molar-refractivity contribution in [3.63, 3.8) is 0 Å². The number of rotatable bonds is 3. The first kappa shape index (κ1) is 13.6. The van der Waals surface area contributed by atoms with E-state index in [1.807, 2.05) is 12.1 Å². The molecule has 108 valence electrons. The Balaban J connectivity index is 2.10. The van der Waals surface area contributed by atoms with Gasteiger partial charge in [0.15, 0.2) is 16.4 Å².